The number of anilines is 1. The van der Waals surface area contributed by atoms with Crippen molar-refractivity contribution in [2.75, 3.05) is 19.1 Å². The minimum Gasteiger partial charge on any atom is -0.495 e. The van der Waals surface area contributed by atoms with Gasteiger partial charge in [-0.2, -0.15) is 0 Å². The van der Waals surface area contributed by atoms with E-state index in [1.54, 1.807) is 19.1 Å². The number of benzene rings is 3. The van der Waals surface area contributed by atoms with Gasteiger partial charge in [0, 0.05) is 19.4 Å². The molecular formula is C23H23NO2. The Labute approximate surface area is 154 Å². The van der Waals surface area contributed by atoms with Crippen LogP contribution < -0.4 is 9.64 Å². The van der Waals surface area contributed by atoms with Gasteiger partial charge >= 0.3 is 0 Å². The highest BCUT2D eigenvalue weighted by Gasteiger charge is 2.22. The molecule has 0 bridgehead atoms. The van der Waals surface area contributed by atoms with Gasteiger partial charge in [-0.25, -0.2) is 0 Å². The highest BCUT2D eigenvalue weighted by Crippen LogP contribution is 2.31. The van der Waals surface area contributed by atoms with Gasteiger partial charge in [0.15, 0.2) is 0 Å². The average molecular weight is 345 g/mol. The molecule has 3 aromatic rings. The predicted molar refractivity (Wildman–Crippen MR) is 106 cm³/mol. The third kappa shape index (κ3) is 3.94. The Hall–Kier alpha value is -3.07. The van der Waals surface area contributed by atoms with Crippen LogP contribution in [0.5, 0.6) is 5.75 Å². The average Bonchev–Trinajstić information content (AvgIpc) is 2.72. The van der Waals surface area contributed by atoms with Gasteiger partial charge in [0.05, 0.1) is 12.8 Å². The van der Waals surface area contributed by atoms with Crippen molar-refractivity contribution in [1.29, 1.82) is 0 Å². The van der Waals surface area contributed by atoms with E-state index in [4.69, 9.17) is 4.74 Å². The lowest BCUT2D eigenvalue weighted by Crippen LogP contribution is -2.28. The minimum atomic E-state index is 0.0158. The van der Waals surface area contributed by atoms with Gasteiger partial charge in [0.2, 0.25) is 5.91 Å². The number of nitrogens with zero attached hydrogens (tertiary/aromatic N) is 1. The fourth-order valence-electron chi connectivity index (χ4n) is 3.15. The SMILES string of the molecule is COc1ccccc1N(C)C(=O)CC(c1ccccc1)c1ccccc1. The number of hydrogen-bond acceptors (Lipinski definition) is 2. The molecule has 0 saturated heterocycles. The first-order valence-electron chi connectivity index (χ1n) is 8.70. The van der Waals surface area contributed by atoms with Gasteiger partial charge in [-0.05, 0) is 23.3 Å². The van der Waals surface area contributed by atoms with Crippen LogP contribution >= 0.6 is 0 Å². The van der Waals surface area contributed by atoms with E-state index < -0.39 is 0 Å². The van der Waals surface area contributed by atoms with Gasteiger partial charge in [-0.15, -0.1) is 0 Å². The lowest BCUT2D eigenvalue weighted by atomic mass is 9.88. The maximum absolute atomic E-state index is 13.0. The molecule has 3 heteroatoms. The van der Waals surface area contributed by atoms with Crippen LogP contribution in [-0.2, 0) is 4.79 Å². The number of rotatable bonds is 6. The number of carbonyl (C=O) groups is 1. The van der Waals surface area contributed by atoms with E-state index >= 15 is 0 Å². The molecule has 3 aromatic carbocycles. The maximum atomic E-state index is 13.0. The van der Waals surface area contributed by atoms with Crippen molar-refractivity contribution < 1.29 is 9.53 Å². The second kappa shape index (κ2) is 8.34. The summed E-state index contributed by atoms with van der Waals surface area (Å²) in [5.41, 5.74) is 3.06. The van der Waals surface area contributed by atoms with E-state index in [9.17, 15) is 4.79 Å². The largest absolute Gasteiger partial charge is 0.495 e. The topological polar surface area (TPSA) is 29.5 Å². The van der Waals surface area contributed by atoms with Crippen molar-refractivity contribution in [3.05, 3.63) is 96.1 Å². The van der Waals surface area contributed by atoms with Crippen LogP contribution in [0.15, 0.2) is 84.9 Å². The van der Waals surface area contributed by atoms with Crippen LogP contribution in [0.4, 0.5) is 5.69 Å². The quantitative estimate of drug-likeness (QED) is 0.637. The summed E-state index contributed by atoms with van der Waals surface area (Å²) in [6, 6.07) is 27.9. The molecule has 26 heavy (non-hydrogen) atoms. The summed E-state index contributed by atoms with van der Waals surface area (Å²) in [7, 11) is 3.42. The van der Waals surface area contributed by atoms with Crippen molar-refractivity contribution in [3.63, 3.8) is 0 Å². The van der Waals surface area contributed by atoms with E-state index in [1.165, 1.54) is 0 Å². The van der Waals surface area contributed by atoms with Crippen LogP contribution in [0.3, 0.4) is 0 Å². The third-order valence-corrected chi connectivity index (χ3v) is 4.60. The zero-order valence-corrected chi connectivity index (χ0v) is 15.1. The van der Waals surface area contributed by atoms with Crippen molar-refractivity contribution >= 4 is 11.6 Å². The Kier molecular flexibility index (Phi) is 5.69. The summed E-state index contributed by atoms with van der Waals surface area (Å²) in [4.78, 5) is 14.7. The molecule has 0 aromatic heterocycles. The van der Waals surface area contributed by atoms with Gasteiger partial charge in [-0.3, -0.25) is 4.79 Å². The fraction of sp³-hybridized carbons (Fsp3) is 0.174. The Bertz CT molecular complexity index is 807. The molecule has 0 radical (unpaired) electrons. The number of para-hydroxylation sites is 2. The number of ether oxygens (including phenoxy) is 1. The molecule has 0 aliphatic heterocycles. The molecule has 0 unspecified atom stereocenters. The Morgan fingerprint density at radius 2 is 1.35 bits per heavy atom. The van der Waals surface area contributed by atoms with Crippen LogP contribution in [-0.4, -0.2) is 20.1 Å². The summed E-state index contributed by atoms with van der Waals surface area (Å²) >= 11 is 0. The highest BCUT2D eigenvalue weighted by atomic mass is 16.5. The normalized spacial score (nSPS) is 10.6. The molecule has 0 atom stereocenters. The maximum Gasteiger partial charge on any atom is 0.227 e. The molecule has 0 aliphatic carbocycles. The Morgan fingerprint density at radius 3 is 1.88 bits per heavy atom. The lowest BCUT2D eigenvalue weighted by molar-refractivity contribution is -0.118. The fourth-order valence-corrected chi connectivity index (χ4v) is 3.15. The molecule has 1 amide bonds. The van der Waals surface area contributed by atoms with E-state index in [0.717, 1.165) is 16.8 Å². The van der Waals surface area contributed by atoms with Crippen molar-refractivity contribution in [1.82, 2.24) is 0 Å². The zero-order chi connectivity index (χ0) is 18.4. The second-order valence-corrected chi connectivity index (χ2v) is 6.20. The van der Waals surface area contributed by atoms with Gasteiger partial charge in [0.1, 0.15) is 5.75 Å². The van der Waals surface area contributed by atoms with Crippen molar-refractivity contribution in [2.24, 2.45) is 0 Å². The van der Waals surface area contributed by atoms with E-state index in [-0.39, 0.29) is 11.8 Å². The van der Waals surface area contributed by atoms with Gasteiger partial charge in [-0.1, -0.05) is 72.8 Å². The minimum absolute atomic E-state index is 0.0158. The molecule has 0 N–H and O–H groups in total. The molecule has 3 nitrogen and oxygen atoms in total. The Morgan fingerprint density at radius 1 is 0.846 bits per heavy atom. The van der Waals surface area contributed by atoms with Crippen LogP contribution in [0.1, 0.15) is 23.5 Å². The predicted octanol–water partition coefficient (Wildman–Crippen LogP) is 4.88. The Balaban J connectivity index is 1.88. The third-order valence-electron chi connectivity index (χ3n) is 4.60. The summed E-state index contributed by atoms with van der Waals surface area (Å²) in [5, 5.41) is 0. The van der Waals surface area contributed by atoms with E-state index in [2.05, 4.69) is 24.3 Å². The smallest absolute Gasteiger partial charge is 0.227 e. The highest BCUT2D eigenvalue weighted by molar-refractivity contribution is 5.95. The van der Waals surface area contributed by atoms with E-state index in [1.807, 2.05) is 60.7 Å². The summed E-state index contributed by atoms with van der Waals surface area (Å²) in [6.07, 6.45) is 0.391. The molecule has 0 saturated carbocycles. The number of methoxy groups -OCH3 is 1. The first-order chi connectivity index (χ1) is 12.7. The molecule has 0 spiro atoms. The van der Waals surface area contributed by atoms with Crippen LogP contribution in [0, 0.1) is 0 Å². The number of amides is 1. The molecule has 132 valence electrons. The second-order valence-electron chi connectivity index (χ2n) is 6.20. The summed E-state index contributed by atoms with van der Waals surface area (Å²) in [5.74, 6) is 0.758. The zero-order valence-electron chi connectivity index (χ0n) is 15.1. The monoisotopic (exact) mass is 345 g/mol. The van der Waals surface area contributed by atoms with E-state index in [0.29, 0.717) is 12.2 Å². The lowest BCUT2D eigenvalue weighted by Gasteiger charge is -2.24. The van der Waals surface area contributed by atoms with Crippen LogP contribution in [0.25, 0.3) is 0 Å². The number of carbonyl (C=O) groups excluding carboxylic acids is 1. The number of hydrogen-bond donors (Lipinski definition) is 0. The van der Waals surface area contributed by atoms with Crippen molar-refractivity contribution in [3.8, 4) is 5.75 Å². The summed E-state index contributed by atoms with van der Waals surface area (Å²) < 4.78 is 5.40. The molecule has 0 aliphatic rings. The molecular weight excluding hydrogens is 322 g/mol. The first kappa shape index (κ1) is 17.7. The van der Waals surface area contributed by atoms with Crippen molar-refractivity contribution in [2.45, 2.75) is 12.3 Å². The van der Waals surface area contributed by atoms with Gasteiger partial charge < -0.3 is 9.64 Å². The summed E-state index contributed by atoms with van der Waals surface area (Å²) in [6.45, 7) is 0. The standard InChI is InChI=1S/C23H23NO2/c1-24(21-15-9-10-16-22(21)26-2)23(25)17-20(18-11-5-3-6-12-18)19-13-7-4-8-14-19/h3-16,20H,17H2,1-2H3. The molecule has 0 heterocycles. The molecule has 0 fully saturated rings. The molecule has 3 rings (SSSR count). The first-order valence-corrected chi connectivity index (χ1v) is 8.70. The van der Waals surface area contributed by atoms with Gasteiger partial charge in [0.25, 0.3) is 0 Å². The van der Waals surface area contributed by atoms with Crippen LogP contribution in [0.2, 0.25) is 0 Å².